The lowest BCUT2D eigenvalue weighted by atomic mass is 9.79. The first-order valence-electron chi connectivity index (χ1n) is 16.5. The molecule has 1 nitrogen and oxygen atoms in total. The summed E-state index contributed by atoms with van der Waals surface area (Å²) in [7, 11) is 0. The van der Waals surface area contributed by atoms with Gasteiger partial charge in [0.25, 0.3) is 0 Å². The van der Waals surface area contributed by atoms with Crippen LogP contribution < -0.4 is 0 Å². The molecule has 1 aromatic heterocycles. The first-order chi connectivity index (χ1) is 23.3. The van der Waals surface area contributed by atoms with Crippen LogP contribution in [0, 0.1) is 0 Å². The van der Waals surface area contributed by atoms with E-state index in [9.17, 15) is 0 Å². The first-order valence-corrected chi connectivity index (χ1v) is 16.5. The number of hydrogen-bond acceptors (Lipinski definition) is 1. The van der Waals surface area contributed by atoms with Crippen molar-refractivity contribution in [3.05, 3.63) is 163 Å². The van der Waals surface area contributed by atoms with Crippen molar-refractivity contribution in [2.45, 2.75) is 12.8 Å². The highest BCUT2D eigenvalue weighted by molar-refractivity contribution is 6.22. The van der Waals surface area contributed by atoms with Crippen LogP contribution >= 0.6 is 0 Å². The van der Waals surface area contributed by atoms with E-state index in [4.69, 9.17) is 4.42 Å². The van der Waals surface area contributed by atoms with E-state index in [2.05, 4.69) is 158 Å². The van der Waals surface area contributed by atoms with Crippen LogP contribution in [0.25, 0.3) is 93.7 Å². The van der Waals surface area contributed by atoms with Crippen LogP contribution in [-0.4, -0.2) is 0 Å². The van der Waals surface area contributed by atoms with Gasteiger partial charge in [0.2, 0.25) is 0 Å². The van der Waals surface area contributed by atoms with Gasteiger partial charge in [0.15, 0.2) is 0 Å². The Morgan fingerprint density at radius 3 is 2.00 bits per heavy atom. The lowest BCUT2D eigenvalue weighted by Gasteiger charge is -2.24. The molecule has 1 heterocycles. The number of hydrogen-bond donors (Lipinski definition) is 0. The van der Waals surface area contributed by atoms with Crippen molar-refractivity contribution in [1.29, 1.82) is 0 Å². The molecule has 0 radical (unpaired) electrons. The molecule has 0 fully saturated rings. The fourth-order valence-electron chi connectivity index (χ4n) is 7.98. The van der Waals surface area contributed by atoms with Crippen molar-refractivity contribution in [2.24, 2.45) is 0 Å². The molecule has 0 unspecified atom stereocenters. The normalized spacial score (nSPS) is 12.9. The van der Waals surface area contributed by atoms with Crippen molar-refractivity contribution in [2.75, 3.05) is 0 Å². The Bertz CT molecular complexity index is 2740. The van der Waals surface area contributed by atoms with Crippen LogP contribution in [-0.2, 0) is 6.42 Å². The van der Waals surface area contributed by atoms with Crippen LogP contribution in [0.3, 0.4) is 0 Å². The summed E-state index contributed by atoms with van der Waals surface area (Å²) in [6, 6.07) is 53.1. The SMILES string of the molecule is C1=Cc2c(c(-c3cccc(-c4ccc5ccccc5c4)c3)c3ccccc3c2-c2cc3c4ccccc4oc3c3ccccc23)CC1. The van der Waals surface area contributed by atoms with Gasteiger partial charge in [-0.1, -0.05) is 133 Å². The van der Waals surface area contributed by atoms with E-state index >= 15 is 0 Å². The van der Waals surface area contributed by atoms with Gasteiger partial charge >= 0.3 is 0 Å². The Balaban J connectivity index is 1.27. The molecule has 1 aliphatic rings. The number of fused-ring (bicyclic) bond motifs is 8. The van der Waals surface area contributed by atoms with E-state index in [1.807, 2.05) is 0 Å². The Labute approximate surface area is 273 Å². The maximum atomic E-state index is 6.49. The molecule has 0 aliphatic heterocycles. The van der Waals surface area contributed by atoms with E-state index in [1.165, 1.54) is 76.8 Å². The summed E-state index contributed by atoms with van der Waals surface area (Å²) in [6.07, 6.45) is 6.77. The molecular formula is C46H30O. The highest BCUT2D eigenvalue weighted by Crippen LogP contribution is 2.48. The zero-order chi connectivity index (χ0) is 30.9. The van der Waals surface area contributed by atoms with Gasteiger partial charge in [-0.2, -0.15) is 0 Å². The lowest BCUT2D eigenvalue weighted by Crippen LogP contribution is -2.03. The second-order valence-corrected chi connectivity index (χ2v) is 12.7. The Kier molecular flexibility index (Phi) is 5.77. The maximum absolute atomic E-state index is 6.49. The molecule has 8 aromatic carbocycles. The predicted molar refractivity (Wildman–Crippen MR) is 200 cm³/mol. The van der Waals surface area contributed by atoms with E-state index in [0.717, 1.165) is 34.8 Å². The van der Waals surface area contributed by atoms with Crippen LogP contribution in [0.5, 0.6) is 0 Å². The van der Waals surface area contributed by atoms with Gasteiger partial charge in [0.1, 0.15) is 11.2 Å². The molecule has 0 N–H and O–H groups in total. The van der Waals surface area contributed by atoms with Crippen LogP contribution in [0.4, 0.5) is 0 Å². The average Bonchev–Trinajstić information content (AvgIpc) is 3.52. The Morgan fingerprint density at radius 2 is 1.13 bits per heavy atom. The van der Waals surface area contributed by atoms with Gasteiger partial charge < -0.3 is 4.42 Å². The molecule has 220 valence electrons. The summed E-state index contributed by atoms with van der Waals surface area (Å²) in [6.45, 7) is 0. The number of rotatable bonds is 3. The smallest absolute Gasteiger partial charge is 0.143 e. The average molecular weight is 599 g/mol. The van der Waals surface area contributed by atoms with Gasteiger partial charge in [0.05, 0.1) is 0 Å². The molecule has 47 heavy (non-hydrogen) atoms. The fraction of sp³-hybridized carbons (Fsp3) is 0.0435. The monoisotopic (exact) mass is 598 g/mol. The third-order valence-electron chi connectivity index (χ3n) is 10.1. The van der Waals surface area contributed by atoms with Crippen LogP contribution in [0.1, 0.15) is 17.5 Å². The first kappa shape index (κ1) is 26.3. The van der Waals surface area contributed by atoms with Gasteiger partial charge in [0, 0.05) is 16.2 Å². The largest absolute Gasteiger partial charge is 0.455 e. The molecule has 0 bridgehead atoms. The molecule has 10 rings (SSSR count). The van der Waals surface area contributed by atoms with Crippen molar-refractivity contribution in [3.63, 3.8) is 0 Å². The third-order valence-corrected chi connectivity index (χ3v) is 10.1. The van der Waals surface area contributed by atoms with Crippen molar-refractivity contribution < 1.29 is 4.42 Å². The van der Waals surface area contributed by atoms with Gasteiger partial charge in [-0.15, -0.1) is 0 Å². The molecular weight excluding hydrogens is 569 g/mol. The minimum absolute atomic E-state index is 0.929. The molecule has 0 spiro atoms. The molecule has 0 atom stereocenters. The van der Waals surface area contributed by atoms with Crippen LogP contribution in [0.2, 0.25) is 0 Å². The highest BCUT2D eigenvalue weighted by atomic mass is 16.3. The molecule has 9 aromatic rings. The summed E-state index contributed by atoms with van der Waals surface area (Å²) < 4.78 is 6.49. The zero-order valence-electron chi connectivity index (χ0n) is 25.8. The van der Waals surface area contributed by atoms with Crippen molar-refractivity contribution in [1.82, 2.24) is 0 Å². The zero-order valence-corrected chi connectivity index (χ0v) is 25.8. The lowest BCUT2D eigenvalue weighted by molar-refractivity contribution is 0.672. The van der Waals surface area contributed by atoms with E-state index in [0.29, 0.717) is 0 Å². The fourth-order valence-corrected chi connectivity index (χ4v) is 7.98. The summed E-state index contributed by atoms with van der Waals surface area (Å²) in [5.41, 5.74) is 12.3. The Morgan fingerprint density at radius 1 is 0.447 bits per heavy atom. The van der Waals surface area contributed by atoms with Crippen molar-refractivity contribution in [3.8, 4) is 33.4 Å². The molecule has 1 aliphatic carbocycles. The van der Waals surface area contributed by atoms with Crippen molar-refractivity contribution >= 4 is 60.3 Å². The molecule has 0 saturated carbocycles. The number of allylic oxidation sites excluding steroid dienone is 1. The maximum Gasteiger partial charge on any atom is 0.143 e. The highest BCUT2D eigenvalue weighted by Gasteiger charge is 2.24. The molecule has 0 saturated heterocycles. The number of furan rings is 1. The van der Waals surface area contributed by atoms with E-state index in [-0.39, 0.29) is 0 Å². The third kappa shape index (κ3) is 4.03. The summed E-state index contributed by atoms with van der Waals surface area (Å²) in [5.74, 6) is 0. The van der Waals surface area contributed by atoms with Crippen LogP contribution in [0.15, 0.2) is 156 Å². The minimum atomic E-state index is 0.929. The quantitative estimate of drug-likeness (QED) is 0.197. The number of benzene rings is 8. The predicted octanol–water partition coefficient (Wildman–Crippen LogP) is 13.0. The summed E-state index contributed by atoms with van der Waals surface area (Å²) >= 11 is 0. The topological polar surface area (TPSA) is 13.1 Å². The summed E-state index contributed by atoms with van der Waals surface area (Å²) in [4.78, 5) is 0. The molecule has 1 heteroatoms. The minimum Gasteiger partial charge on any atom is -0.455 e. The summed E-state index contributed by atoms with van der Waals surface area (Å²) in [5, 5.41) is 9.81. The Hall–Kier alpha value is -5.92. The second kappa shape index (κ2) is 10.3. The number of para-hydroxylation sites is 1. The van der Waals surface area contributed by atoms with E-state index < -0.39 is 0 Å². The van der Waals surface area contributed by atoms with Gasteiger partial charge in [-0.25, -0.2) is 0 Å². The standard InChI is InChI=1S/C46H30O/c1-2-13-30-26-32(25-24-29(30)12-1)31-14-11-15-33(27-31)44-36-18-4-6-20-38(36)45(39-21-7-5-19-37(39)44)41-28-42-35-17-9-10-23-43(35)47-46(42)40-22-8-3-16-34(40)41/h1-4,6-18,20-28H,5,19H2. The molecule has 0 amide bonds. The second-order valence-electron chi connectivity index (χ2n) is 12.7. The van der Waals surface area contributed by atoms with E-state index in [1.54, 1.807) is 0 Å². The van der Waals surface area contributed by atoms with Gasteiger partial charge in [-0.3, -0.25) is 0 Å². The van der Waals surface area contributed by atoms with Gasteiger partial charge in [-0.05, 0) is 109 Å².